The summed E-state index contributed by atoms with van der Waals surface area (Å²) in [6.07, 6.45) is -1.78. The van der Waals surface area contributed by atoms with Crippen molar-refractivity contribution < 1.29 is 9.53 Å². The maximum absolute atomic E-state index is 10.6. The van der Waals surface area contributed by atoms with Crippen LogP contribution in [0.25, 0.3) is 10.4 Å². The van der Waals surface area contributed by atoms with E-state index in [9.17, 15) is 4.79 Å². The minimum atomic E-state index is -0.718. The summed E-state index contributed by atoms with van der Waals surface area (Å²) >= 11 is 0. The number of rotatable bonds is 5. The highest BCUT2D eigenvalue weighted by molar-refractivity contribution is 7.89. The molecule has 0 aromatic carbocycles. The molecule has 0 rings (SSSR count). The Labute approximate surface area is 116 Å². The highest BCUT2D eigenvalue weighted by Crippen LogP contribution is 1.92. The van der Waals surface area contributed by atoms with Gasteiger partial charge in [0.25, 0.3) is 0 Å². The van der Waals surface area contributed by atoms with Crippen LogP contribution in [0.15, 0.2) is 5.11 Å². The van der Waals surface area contributed by atoms with Gasteiger partial charge in [-0.05, 0) is 19.4 Å². The highest BCUT2D eigenvalue weighted by Gasteiger charge is 2.14. The predicted octanol–water partition coefficient (Wildman–Crippen LogP) is -1.80. The van der Waals surface area contributed by atoms with Crippen LogP contribution >= 0.6 is 0 Å². The molecule has 80 valence electrons. The van der Waals surface area contributed by atoms with Gasteiger partial charge in [0.05, 0.1) is 6.61 Å². The third kappa shape index (κ3) is 10.5. The summed E-state index contributed by atoms with van der Waals surface area (Å²) < 4.78 is 4.55. The Balaban J connectivity index is 0. The summed E-state index contributed by atoms with van der Waals surface area (Å²) in [6, 6.07) is -0.718. The third-order valence-electron chi connectivity index (χ3n) is 1.74. The summed E-state index contributed by atoms with van der Waals surface area (Å²) in [5.74, 6) is -0.486. The molecule has 0 N–H and O–H groups in total. The lowest BCUT2D eigenvalue weighted by Crippen LogP contribution is -2.52. The predicted molar refractivity (Wildman–Crippen MR) is 81.3 cm³/mol. The topological polar surface area (TPSA) is 75.1 Å². The van der Waals surface area contributed by atoms with Crippen LogP contribution in [0.2, 0.25) is 0 Å². The molecule has 0 aliphatic carbocycles. The SMILES string of the molecule is CCOC(=O)[C@H](C)N=[N+]=[N-].[B]B([B])B([B])B([B])[B]. The Morgan fingerprint density at radius 1 is 1.33 bits per heavy atom. The Hall–Kier alpha value is -0.701. The molecule has 0 aliphatic rings. The fourth-order valence-corrected chi connectivity index (χ4v) is 0.644. The van der Waals surface area contributed by atoms with Gasteiger partial charge in [-0.2, -0.15) is 0 Å². The second kappa shape index (κ2) is 11.4. The van der Waals surface area contributed by atoms with Crippen molar-refractivity contribution in [1.29, 1.82) is 0 Å². The fourth-order valence-electron chi connectivity index (χ4n) is 0.644. The van der Waals surface area contributed by atoms with E-state index in [0.717, 1.165) is 0 Å². The van der Waals surface area contributed by atoms with Crippen molar-refractivity contribution in [3.8, 4) is 0 Å². The number of nitrogens with zero attached hydrogens (tertiary/aromatic N) is 3. The van der Waals surface area contributed by atoms with Crippen molar-refractivity contribution in [3.05, 3.63) is 10.4 Å². The van der Waals surface area contributed by atoms with Crippen LogP contribution in [0, 0.1) is 0 Å². The van der Waals surface area contributed by atoms with E-state index in [1.54, 1.807) is 6.92 Å². The molecule has 0 bridgehead atoms. The highest BCUT2D eigenvalue weighted by atomic mass is 16.5. The van der Waals surface area contributed by atoms with Crippen LogP contribution in [0.3, 0.4) is 0 Å². The lowest BCUT2D eigenvalue weighted by atomic mass is 8.68. The average molecular weight is 230 g/mol. The second-order valence-electron chi connectivity index (χ2n) is 3.36. The van der Waals surface area contributed by atoms with E-state index in [4.69, 9.17) is 44.2 Å². The molecule has 0 fully saturated rings. The van der Waals surface area contributed by atoms with Gasteiger partial charge in [0, 0.05) is 62.8 Å². The summed E-state index contributed by atoms with van der Waals surface area (Å²) in [4.78, 5) is 13.1. The first-order chi connectivity index (χ1) is 8.27. The van der Waals surface area contributed by atoms with Crippen LogP contribution < -0.4 is 0 Å². The quantitative estimate of drug-likeness (QED) is 0.183. The molecule has 10 radical (unpaired) electrons. The number of azide groups is 1. The van der Waals surface area contributed by atoms with Gasteiger partial charge in [-0.3, -0.25) is 4.79 Å². The van der Waals surface area contributed by atoms with Crippen molar-refractivity contribution in [3.63, 3.8) is 0 Å². The van der Waals surface area contributed by atoms with Gasteiger partial charge in [-0.25, -0.2) is 0 Å². The zero-order valence-corrected chi connectivity index (χ0v) is 10.6. The number of carbonyl (C=O) groups is 1. The molecule has 5 nitrogen and oxygen atoms in total. The minimum Gasteiger partial charge on any atom is -0.466 e. The summed E-state index contributed by atoms with van der Waals surface area (Å²) in [6.45, 7) is 3.49. The maximum Gasteiger partial charge on any atom is 0.314 e. The Kier molecular flexibility index (Phi) is 12.4. The van der Waals surface area contributed by atoms with Crippen molar-refractivity contribution in [2.24, 2.45) is 5.11 Å². The normalized spacial score (nSPS) is 9.89. The van der Waals surface area contributed by atoms with Crippen LogP contribution in [0.1, 0.15) is 13.8 Å². The lowest BCUT2D eigenvalue weighted by Gasteiger charge is -2.13. The van der Waals surface area contributed by atoms with Crippen molar-refractivity contribution in [2.45, 2.75) is 19.9 Å². The van der Waals surface area contributed by atoms with E-state index in [0.29, 0.717) is 6.61 Å². The van der Waals surface area contributed by atoms with Crippen molar-refractivity contribution in [1.82, 2.24) is 0 Å². The van der Waals surface area contributed by atoms with Crippen LogP contribution in [0.5, 0.6) is 0 Å². The molecule has 0 saturated carbocycles. The largest absolute Gasteiger partial charge is 0.466 e. The first-order valence-electron chi connectivity index (χ1n) is 5.26. The molecule has 18 heavy (non-hydrogen) atoms. The Morgan fingerprint density at radius 3 is 2.00 bits per heavy atom. The van der Waals surface area contributed by atoms with Crippen LogP contribution in [0.4, 0.5) is 0 Å². The molecular weight excluding hydrogens is 221 g/mol. The monoisotopic (exact) mass is 231 g/mol. The van der Waals surface area contributed by atoms with E-state index < -0.39 is 31.2 Å². The lowest BCUT2D eigenvalue weighted by molar-refractivity contribution is -0.144. The molecule has 0 aromatic heterocycles. The van der Waals surface area contributed by atoms with Gasteiger partial charge in [0.1, 0.15) is 6.04 Å². The second-order valence-corrected chi connectivity index (χ2v) is 3.36. The van der Waals surface area contributed by atoms with Gasteiger partial charge in [0.2, 0.25) is 0 Å². The minimum absolute atomic E-state index is 0.310. The average Bonchev–Trinajstić information content (AvgIpc) is 2.29. The van der Waals surface area contributed by atoms with E-state index in [-0.39, 0.29) is 0 Å². The van der Waals surface area contributed by atoms with Gasteiger partial charge < -0.3 is 4.74 Å². The molecule has 0 unspecified atom stereocenters. The zero-order chi connectivity index (χ0) is 14.7. The van der Waals surface area contributed by atoms with Gasteiger partial charge in [-0.15, -0.1) is 0 Å². The molecule has 0 aliphatic heterocycles. The number of ether oxygens (including phenoxy) is 1. The first-order valence-corrected chi connectivity index (χ1v) is 5.26. The number of hydrogen-bond donors (Lipinski definition) is 0. The zero-order valence-electron chi connectivity index (χ0n) is 10.6. The number of carbonyl (C=O) groups excluding carboxylic acids is 1. The summed E-state index contributed by atoms with van der Waals surface area (Å²) in [5.41, 5.74) is 7.90. The van der Waals surface area contributed by atoms with Gasteiger partial charge in [-0.1, -0.05) is 5.11 Å². The molecule has 0 heterocycles. The van der Waals surface area contributed by atoms with Gasteiger partial charge >= 0.3 is 5.97 Å². The fraction of sp³-hybridized carbons (Fsp3) is 0.800. The van der Waals surface area contributed by atoms with Crippen LogP contribution in [-0.4, -0.2) is 76.5 Å². The molecule has 0 amide bonds. The molecule has 1 atom stereocenters. The number of esters is 1. The van der Waals surface area contributed by atoms with Crippen molar-refractivity contribution in [2.75, 3.05) is 6.61 Å². The van der Waals surface area contributed by atoms with E-state index in [1.807, 2.05) is 0 Å². The molecule has 0 aromatic rings. The maximum atomic E-state index is 10.6. The Bertz CT molecular complexity index is 276. The third-order valence-corrected chi connectivity index (χ3v) is 1.74. The van der Waals surface area contributed by atoms with E-state index >= 15 is 0 Å². The summed E-state index contributed by atoms with van der Waals surface area (Å²) in [7, 11) is 25.8. The Morgan fingerprint density at radius 2 is 1.78 bits per heavy atom. The molecule has 0 spiro atoms. The molecule has 0 saturated heterocycles. The van der Waals surface area contributed by atoms with Gasteiger partial charge in [0.15, 0.2) is 0 Å². The van der Waals surface area contributed by atoms with Crippen molar-refractivity contribution >= 4 is 63.8 Å². The summed E-state index contributed by atoms with van der Waals surface area (Å²) in [5, 5.41) is 3.15. The van der Waals surface area contributed by atoms with Crippen LogP contribution in [-0.2, 0) is 9.53 Å². The van der Waals surface area contributed by atoms with E-state index in [1.165, 1.54) is 6.92 Å². The standard InChI is InChI=1S/C5H9N3O2.B8/c1-3-10-5(9)4(2)7-8-6;1-6(2)8(5)7(3)4/h4H,3H2,1-2H3;/t4-;/m0./s1. The number of hydrogen-bond acceptors (Lipinski definition) is 3. The first kappa shape index (κ1) is 19.6. The molecular formula is C5H9B8N3O2. The van der Waals surface area contributed by atoms with E-state index in [2.05, 4.69) is 14.8 Å². The molecule has 13 heteroatoms. The smallest absolute Gasteiger partial charge is 0.314 e.